The first-order valence-electron chi connectivity index (χ1n) is 11.9. The topological polar surface area (TPSA) is 63.1 Å². The van der Waals surface area contributed by atoms with Crippen LogP contribution in [0.2, 0.25) is 0 Å². The standard InChI is InChI=1S/C27H28FN5OS/c28-23-6-3-5-21(17-23)19-35-27-31-24-7-4-12-29-25(24)33(27)18-20-8-10-22(11-9-20)26(34)30-13-16-32-14-1-2-15-32/h3-12,17H,1-2,13-16,18-19H2,(H,30,34). The molecular formula is C27H28FN5OS. The summed E-state index contributed by atoms with van der Waals surface area (Å²) >= 11 is 1.56. The Morgan fingerprint density at radius 1 is 1.03 bits per heavy atom. The van der Waals surface area contributed by atoms with Crippen LogP contribution in [0.15, 0.2) is 72.0 Å². The first-order chi connectivity index (χ1) is 17.2. The van der Waals surface area contributed by atoms with E-state index in [2.05, 4.69) is 19.8 Å². The van der Waals surface area contributed by atoms with E-state index in [1.165, 1.54) is 18.9 Å². The van der Waals surface area contributed by atoms with Gasteiger partial charge in [-0.15, -0.1) is 0 Å². The molecule has 1 aliphatic rings. The van der Waals surface area contributed by atoms with Gasteiger partial charge in [-0.2, -0.15) is 0 Å². The monoisotopic (exact) mass is 489 g/mol. The third-order valence-electron chi connectivity index (χ3n) is 6.19. The number of amides is 1. The Morgan fingerprint density at radius 2 is 1.86 bits per heavy atom. The predicted molar refractivity (Wildman–Crippen MR) is 137 cm³/mol. The Hall–Kier alpha value is -3.23. The van der Waals surface area contributed by atoms with Crippen molar-refractivity contribution < 1.29 is 9.18 Å². The van der Waals surface area contributed by atoms with Gasteiger partial charge in [-0.1, -0.05) is 36.0 Å². The van der Waals surface area contributed by atoms with E-state index in [4.69, 9.17) is 4.98 Å². The molecule has 0 saturated carbocycles. The highest BCUT2D eigenvalue weighted by molar-refractivity contribution is 7.98. The summed E-state index contributed by atoms with van der Waals surface area (Å²) in [7, 11) is 0. The lowest BCUT2D eigenvalue weighted by molar-refractivity contribution is 0.0949. The second kappa shape index (κ2) is 11.0. The molecule has 3 heterocycles. The predicted octanol–water partition coefficient (Wildman–Crippen LogP) is 4.74. The number of nitrogens with zero attached hydrogens (tertiary/aromatic N) is 4. The number of fused-ring (bicyclic) bond motifs is 1. The van der Waals surface area contributed by atoms with Gasteiger partial charge in [-0.05, 0) is 73.5 Å². The van der Waals surface area contributed by atoms with Gasteiger partial charge in [0.2, 0.25) is 0 Å². The van der Waals surface area contributed by atoms with E-state index in [0.717, 1.165) is 47.1 Å². The van der Waals surface area contributed by atoms with Crippen LogP contribution in [0.4, 0.5) is 4.39 Å². The normalized spacial score (nSPS) is 14.0. The molecule has 8 heteroatoms. The third kappa shape index (κ3) is 5.89. The van der Waals surface area contributed by atoms with E-state index in [9.17, 15) is 9.18 Å². The van der Waals surface area contributed by atoms with E-state index in [1.807, 2.05) is 42.5 Å². The smallest absolute Gasteiger partial charge is 0.251 e. The van der Waals surface area contributed by atoms with Crippen LogP contribution in [0.25, 0.3) is 11.2 Å². The minimum atomic E-state index is -0.238. The summed E-state index contributed by atoms with van der Waals surface area (Å²) in [5.41, 5.74) is 4.24. The summed E-state index contributed by atoms with van der Waals surface area (Å²) in [6.07, 6.45) is 4.27. The maximum Gasteiger partial charge on any atom is 0.251 e. The zero-order chi connectivity index (χ0) is 24.0. The van der Waals surface area contributed by atoms with Crippen LogP contribution < -0.4 is 5.32 Å². The number of rotatable bonds is 9. The molecule has 2 aromatic heterocycles. The summed E-state index contributed by atoms with van der Waals surface area (Å²) in [6, 6.07) is 18.1. The molecule has 2 aromatic carbocycles. The SMILES string of the molecule is O=C(NCCN1CCCC1)c1ccc(Cn2c(SCc3cccc(F)c3)nc3cccnc32)cc1. The molecule has 1 N–H and O–H groups in total. The molecule has 0 bridgehead atoms. The number of nitrogens with one attached hydrogen (secondary N) is 1. The number of likely N-dealkylation sites (tertiary alicyclic amines) is 1. The van der Waals surface area contributed by atoms with Crippen molar-refractivity contribution in [2.45, 2.75) is 30.3 Å². The molecule has 0 aliphatic carbocycles. The van der Waals surface area contributed by atoms with Crippen molar-refractivity contribution in [2.24, 2.45) is 0 Å². The van der Waals surface area contributed by atoms with Crippen LogP contribution in [-0.2, 0) is 12.3 Å². The number of imidazole rings is 1. The Bertz CT molecular complexity index is 1300. The lowest BCUT2D eigenvalue weighted by Crippen LogP contribution is -2.33. The fourth-order valence-electron chi connectivity index (χ4n) is 4.34. The van der Waals surface area contributed by atoms with Crippen molar-refractivity contribution in [3.8, 4) is 0 Å². The number of pyridine rings is 1. The summed E-state index contributed by atoms with van der Waals surface area (Å²) < 4.78 is 15.7. The third-order valence-corrected chi connectivity index (χ3v) is 7.24. The quantitative estimate of drug-likeness (QED) is 0.344. The minimum Gasteiger partial charge on any atom is -0.351 e. The molecular weight excluding hydrogens is 461 g/mol. The average Bonchev–Trinajstić information content (AvgIpc) is 3.51. The molecule has 0 unspecified atom stereocenters. The van der Waals surface area contributed by atoms with Crippen LogP contribution in [0.5, 0.6) is 0 Å². The van der Waals surface area contributed by atoms with Crippen LogP contribution in [-0.4, -0.2) is 51.5 Å². The van der Waals surface area contributed by atoms with E-state index in [0.29, 0.717) is 24.4 Å². The minimum absolute atomic E-state index is 0.0446. The van der Waals surface area contributed by atoms with Crippen molar-refractivity contribution >= 4 is 28.8 Å². The summed E-state index contributed by atoms with van der Waals surface area (Å²) in [5.74, 6) is 0.327. The van der Waals surface area contributed by atoms with Crippen molar-refractivity contribution in [1.29, 1.82) is 0 Å². The molecule has 180 valence electrons. The second-order valence-electron chi connectivity index (χ2n) is 8.75. The van der Waals surface area contributed by atoms with Gasteiger partial charge in [0.25, 0.3) is 5.91 Å². The Kier molecular flexibility index (Phi) is 7.39. The summed E-state index contributed by atoms with van der Waals surface area (Å²) in [5, 5.41) is 3.85. The molecule has 0 radical (unpaired) electrons. The molecule has 1 aliphatic heterocycles. The van der Waals surface area contributed by atoms with Gasteiger partial charge in [-0.25, -0.2) is 14.4 Å². The number of carbonyl (C=O) groups excluding carboxylic acids is 1. The molecule has 0 spiro atoms. The zero-order valence-corrected chi connectivity index (χ0v) is 20.3. The highest BCUT2D eigenvalue weighted by Crippen LogP contribution is 2.27. The largest absolute Gasteiger partial charge is 0.351 e. The fraction of sp³-hybridized carbons (Fsp3) is 0.296. The Balaban J connectivity index is 1.26. The van der Waals surface area contributed by atoms with Crippen LogP contribution in [0.3, 0.4) is 0 Å². The molecule has 1 amide bonds. The number of hydrogen-bond acceptors (Lipinski definition) is 5. The number of hydrogen-bond donors (Lipinski definition) is 1. The summed E-state index contributed by atoms with van der Waals surface area (Å²) in [6.45, 7) is 4.41. The maximum atomic E-state index is 13.6. The van der Waals surface area contributed by atoms with E-state index in [1.54, 1.807) is 30.1 Å². The van der Waals surface area contributed by atoms with Crippen LogP contribution >= 0.6 is 11.8 Å². The molecule has 1 fully saturated rings. The molecule has 1 saturated heterocycles. The van der Waals surface area contributed by atoms with Gasteiger partial charge in [0, 0.05) is 30.6 Å². The van der Waals surface area contributed by atoms with Crippen molar-refractivity contribution in [2.75, 3.05) is 26.2 Å². The Morgan fingerprint density at radius 3 is 2.66 bits per heavy atom. The van der Waals surface area contributed by atoms with Gasteiger partial charge in [0.1, 0.15) is 11.3 Å². The number of halogens is 1. The fourth-order valence-corrected chi connectivity index (χ4v) is 5.29. The van der Waals surface area contributed by atoms with Crippen LogP contribution in [0.1, 0.15) is 34.3 Å². The first kappa shape index (κ1) is 23.5. The average molecular weight is 490 g/mol. The highest BCUT2D eigenvalue weighted by atomic mass is 32.2. The molecule has 5 rings (SSSR count). The number of carbonyl (C=O) groups is 1. The van der Waals surface area contributed by atoms with Crippen LogP contribution in [0, 0.1) is 5.82 Å². The maximum absolute atomic E-state index is 13.6. The molecule has 35 heavy (non-hydrogen) atoms. The van der Waals surface area contributed by atoms with Gasteiger partial charge >= 0.3 is 0 Å². The molecule has 0 atom stereocenters. The van der Waals surface area contributed by atoms with E-state index in [-0.39, 0.29) is 11.7 Å². The van der Waals surface area contributed by atoms with Crippen molar-refractivity contribution in [1.82, 2.24) is 24.8 Å². The van der Waals surface area contributed by atoms with Crippen molar-refractivity contribution in [3.05, 3.63) is 89.4 Å². The van der Waals surface area contributed by atoms with E-state index < -0.39 is 0 Å². The lowest BCUT2D eigenvalue weighted by atomic mass is 10.1. The summed E-state index contributed by atoms with van der Waals surface area (Å²) in [4.78, 5) is 24.2. The lowest BCUT2D eigenvalue weighted by Gasteiger charge is -2.14. The van der Waals surface area contributed by atoms with E-state index >= 15 is 0 Å². The highest BCUT2D eigenvalue weighted by Gasteiger charge is 2.14. The van der Waals surface area contributed by atoms with Gasteiger partial charge in [0.15, 0.2) is 10.8 Å². The van der Waals surface area contributed by atoms with Crippen molar-refractivity contribution in [3.63, 3.8) is 0 Å². The Labute approximate surface area is 208 Å². The number of thioether (sulfide) groups is 1. The number of aromatic nitrogens is 3. The number of benzene rings is 2. The van der Waals surface area contributed by atoms with Gasteiger partial charge in [0.05, 0.1) is 6.54 Å². The molecule has 4 aromatic rings. The first-order valence-corrected chi connectivity index (χ1v) is 12.9. The molecule has 6 nitrogen and oxygen atoms in total. The second-order valence-corrected chi connectivity index (χ2v) is 9.69. The zero-order valence-electron chi connectivity index (χ0n) is 19.5. The van der Waals surface area contributed by atoms with Gasteiger partial charge < -0.3 is 10.2 Å². The van der Waals surface area contributed by atoms with Gasteiger partial charge in [-0.3, -0.25) is 9.36 Å².